The lowest BCUT2D eigenvalue weighted by molar-refractivity contribution is -0.139. The largest absolute Gasteiger partial charge is 0.456 e. The number of hydrogen-bond acceptors (Lipinski definition) is 6. The Morgan fingerprint density at radius 2 is 2.08 bits per heavy atom. The number of hydrogen-bond donors (Lipinski definition) is 0. The van der Waals surface area contributed by atoms with Crippen molar-refractivity contribution in [2.75, 3.05) is 0 Å². The zero-order chi connectivity index (χ0) is 18.4. The Labute approximate surface area is 151 Å². The number of halogens is 2. The van der Waals surface area contributed by atoms with Crippen LogP contribution in [0, 0.1) is 0 Å². The predicted molar refractivity (Wildman–Crippen MR) is 91.7 cm³/mol. The van der Waals surface area contributed by atoms with E-state index in [9.17, 15) is 13.6 Å². The van der Waals surface area contributed by atoms with Crippen LogP contribution in [-0.4, -0.2) is 17.7 Å². The third-order valence-electron chi connectivity index (χ3n) is 3.20. The van der Waals surface area contributed by atoms with E-state index in [1.54, 1.807) is 18.2 Å². The maximum Gasteiger partial charge on any atom is 0.387 e. The van der Waals surface area contributed by atoms with Gasteiger partial charge in [-0.15, -0.1) is 11.3 Å². The van der Waals surface area contributed by atoms with Crippen molar-refractivity contribution in [3.8, 4) is 16.4 Å². The summed E-state index contributed by atoms with van der Waals surface area (Å²) in [6, 6.07) is 11.4. The van der Waals surface area contributed by atoms with Gasteiger partial charge in [-0.25, -0.2) is 4.79 Å². The van der Waals surface area contributed by atoms with Gasteiger partial charge in [0.05, 0.1) is 4.88 Å². The number of rotatable bonds is 7. The molecule has 0 aliphatic carbocycles. The van der Waals surface area contributed by atoms with Gasteiger partial charge in [-0.2, -0.15) is 8.78 Å². The lowest BCUT2D eigenvalue weighted by Gasteiger charge is -2.03. The minimum absolute atomic E-state index is 0.0147. The van der Waals surface area contributed by atoms with E-state index in [1.807, 2.05) is 17.5 Å². The Bertz CT molecular complexity index is 873. The number of carbonyl (C=O) groups excluding carboxylic acids is 1. The average molecular weight is 377 g/mol. The van der Waals surface area contributed by atoms with Crippen LogP contribution >= 0.6 is 11.3 Å². The maximum absolute atomic E-state index is 12.1. The van der Waals surface area contributed by atoms with E-state index in [1.165, 1.54) is 35.6 Å². The fourth-order valence-corrected chi connectivity index (χ4v) is 2.71. The molecule has 0 fully saturated rings. The molecule has 0 spiro atoms. The van der Waals surface area contributed by atoms with Crippen LogP contribution in [0.1, 0.15) is 11.3 Å². The van der Waals surface area contributed by atoms with Gasteiger partial charge in [0.25, 0.3) is 0 Å². The summed E-state index contributed by atoms with van der Waals surface area (Å²) < 4.78 is 38.7. The Balaban J connectivity index is 1.50. The first-order valence-corrected chi connectivity index (χ1v) is 8.37. The Hall–Kier alpha value is -3.00. The summed E-state index contributed by atoms with van der Waals surface area (Å²) in [4.78, 5) is 12.7. The first-order valence-electron chi connectivity index (χ1n) is 7.49. The minimum atomic E-state index is -2.87. The summed E-state index contributed by atoms with van der Waals surface area (Å²) in [6.07, 6.45) is 2.75. The SMILES string of the molecule is O=C(/C=C/c1ccc(OC(F)F)cc1)OCc1cc(-c2cccs2)on1. The third-order valence-corrected chi connectivity index (χ3v) is 4.09. The van der Waals surface area contributed by atoms with Gasteiger partial charge in [-0.05, 0) is 35.2 Å². The predicted octanol–water partition coefficient (Wildman–Crippen LogP) is 4.76. The molecule has 0 atom stereocenters. The molecule has 0 amide bonds. The van der Waals surface area contributed by atoms with Crippen LogP contribution in [0.3, 0.4) is 0 Å². The van der Waals surface area contributed by atoms with Crippen LogP contribution in [0.5, 0.6) is 5.75 Å². The molecule has 1 aromatic carbocycles. The molecule has 0 radical (unpaired) electrons. The highest BCUT2D eigenvalue weighted by Gasteiger charge is 2.09. The van der Waals surface area contributed by atoms with E-state index < -0.39 is 12.6 Å². The summed E-state index contributed by atoms with van der Waals surface area (Å²) >= 11 is 1.52. The molecule has 8 heteroatoms. The van der Waals surface area contributed by atoms with Crippen molar-refractivity contribution in [2.24, 2.45) is 0 Å². The summed E-state index contributed by atoms with van der Waals surface area (Å²) in [5.41, 5.74) is 1.15. The Morgan fingerprint density at radius 3 is 2.77 bits per heavy atom. The van der Waals surface area contributed by atoms with Crippen LogP contribution in [0.4, 0.5) is 8.78 Å². The van der Waals surface area contributed by atoms with Crippen molar-refractivity contribution in [2.45, 2.75) is 13.2 Å². The molecule has 0 aliphatic rings. The van der Waals surface area contributed by atoms with Crippen LogP contribution in [0.25, 0.3) is 16.7 Å². The summed E-state index contributed by atoms with van der Waals surface area (Å²) in [6.45, 7) is -2.89. The molecule has 134 valence electrons. The number of benzene rings is 1. The lowest BCUT2D eigenvalue weighted by atomic mass is 10.2. The van der Waals surface area contributed by atoms with Crippen LogP contribution in [0.15, 0.2) is 58.4 Å². The molecule has 0 bridgehead atoms. The fourth-order valence-electron chi connectivity index (χ4n) is 2.03. The third kappa shape index (κ3) is 5.00. The van der Waals surface area contributed by atoms with E-state index in [0.717, 1.165) is 4.88 Å². The number of aromatic nitrogens is 1. The Kier molecular flexibility index (Phi) is 5.75. The van der Waals surface area contributed by atoms with E-state index in [2.05, 4.69) is 9.89 Å². The summed E-state index contributed by atoms with van der Waals surface area (Å²) in [7, 11) is 0. The zero-order valence-corrected chi connectivity index (χ0v) is 14.1. The molecule has 2 heterocycles. The zero-order valence-electron chi connectivity index (χ0n) is 13.3. The van der Waals surface area contributed by atoms with Gasteiger partial charge < -0.3 is 14.0 Å². The fraction of sp³-hybridized carbons (Fsp3) is 0.111. The number of thiophene rings is 1. The Morgan fingerprint density at radius 1 is 1.27 bits per heavy atom. The highest BCUT2D eigenvalue weighted by molar-refractivity contribution is 7.13. The van der Waals surface area contributed by atoms with Gasteiger partial charge in [0, 0.05) is 12.1 Å². The molecule has 0 N–H and O–H groups in total. The van der Waals surface area contributed by atoms with E-state index >= 15 is 0 Å². The normalized spacial score (nSPS) is 11.2. The highest BCUT2D eigenvalue weighted by Crippen LogP contribution is 2.25. The molecule has 0 saturated carbocycles. The topological polar surface area (TPSA) is 61.6 Å². The number of esters is 1. The van der Waals surface area contributed by atoms with Crippen molar-refractivity contribution in [1.82, 2.24) is 5.16 Å². The summed E-state index contributed by atoms with van der Waals surface area (Å²) in [5.74, 6) is 0.110. The molecular weight excluding hydrogens is 364 g/mol. The van der Waals surface area contributed by atoms with Crippen LogP contribution in [0.2, 0.25) is 0 Å². The molecule has 0 unspecified atom stereocenters. The van der Waals surface area contributed by atoms with Gasteiger partial charge >= 0.3 is 12.6 Å². The monoisotopic (exact) mass is 377 g/mol. The maximum atomic E-state index is 12.1. The lowest BCUT2D eigenvalue weighted by Crippen LogP contribution is -2.01. The van der Waals surface area contributed by atoms with Gasteiger partial charge in [-0.3, -0.25) is 0 Å². The first-order chi connectivity index (χ1) is 12.6. The molecule has 2 aromatic heterocycles. The number of alkyl halides is 2. The van der Waals surface area contributed by atoms with E-state index in [4.69, 9.17) is 9.26 Å². The molecule has 0 saturated heterocycles. The number of carbonyl (C=O) groups is 1. The van der Waals surface area contributed by atoms with E-state index in [0.29, 0.717) is 17.0 Å². The van der Waals surface area contributed by atoms with Crippen molar-refractivity contribution in [3.05, 3.63) is 65.2 Å². The quantitative estimate of drug-likeness (QED) is 0.439. The molecule has 3 rings (SSSR count). The second kappa shape index (κ2) is 8.39. The molecular formula is C18H13F2NO4S. The second-order valence-electron chi connectivity index (χ2n) is 5.05. The molecule has 26 heavy (non-hydrogen) atoms. The molecule has 0 aliphatic heterocycles. The van der Waals surface area contributed by atoms with Crippen LogP contribution in [-0.2, 0) is 16.1 Å². The van der Waals surface area contributed by atoms with Crippen molar-refractivity contribution >= 4 is 23.4 Å². The smallest absolute Gasteiger partial charge is 0.387 e. The molecule has 5 nitrogen and oxygen atoms in total. The average Bonchev–Trinajstić information content (AvgIpc) is 3.30. The number of ether oxygens (including phenoxy) is 2. The van der Waals surface area contributed by atoms with Crippen molar-refractivity contribution in [1.29, 1.82) is 0 Å². The standard InChI is InChI=1S/C18H13F2NO4S/c19-18(20)24-14-6-3-12(4-7-14)5-8-17(22)23-11-13-10-15(25-21-13)16-2-1-9-26-16/h1-10,18H,11H2/b8-5+. The first kappa shape index (κ1) is 17.8. The van der Waals surface area contributed by atoms with Crippen LogP contribution < -0.4 is 4.74 Å². The highest BCUT2D eigenvalue weighted by atomic mass is 32.1. The van der Waals surface area contributed by atoms with E-state index in [-0.39, 0.29) is 12.4 Å². The van der Waals surface area contributed by atoms with Gasteiger partial charge in [-0.1, -0.05) is 23.4 Å². The van der Waals surface area contributed by atoms with Gasteiger partial charge in [0.1, 0.15) is 18.1 Å². The molecule has 3 aromatic rings. The minimum Gasteiger partial charge on any atom is -0.456 e. The van der Waals surface area contributed by atoms with Crippen molar-refractivity contribution < 1.29 is 27.6 Å². The summed E-state index contributed by atoms with van der Waals surface area (Å²) in [5, 5.41) is 5.78. The van der Waals surface area contributed by atoms with Gasteiger partial charge in [0.15, 0.2) is 5.76 Å². The van der Waals surface area contributed by atoms with Gasteiger partial charge in [0.2, 0.25) is 0 Å². The number of nitrogens with zero attached hydrogens (tertiary/aromatic N) is 1. The van der Waals surface area contributed by atoms with Crippen molar-refractivity contribution in [3.63, 3.8) is 0 Å². The second-order valence-corrected chi connectivity index (χ2v) is 6.00.